The van der Waals surface area contributed by atoms with E-state index < -0.39 is 23.1 Å². The first-order valence-corrected chi connectivity index (χ1v) is 11.3. The summed E-state index contributed by atoms with van der Waals surface area (Å²) in [6.45, 7) is 1.80. The Bertz CT molecular complexity index is 1360. The number of ketones is 2. The largest absolute Gasteiger partial charge is 0.496 e. The van der Waals surface area contributed by atoms with Gasteiger partial charge in [-0.2, -0.15) is 5.21 Å². The minimum atomic E-state index is -1.72. The molecule has 5 rings (SSSR count). The summed E-state index contributed by atoms with van der Waals surface area (Å²) < 4.78 is 16.8. The van der Waals surface area contributed by atoms with Crippen LogP contribution in [0.15, 0.2) is 42.1 Å². The van der Waals surface area contributed by atoms with E-state index in [2.05, 4.69) is 25.9 Å². The number of para-hydroxylation sites is 1. The molecule has 11 heteroatoms. The van der Waals surface area contributed by atoms with Crippen LogP contribution in [0.25, 0.3) is 0 Å². The van der Waals surface area contributed by atoms with Gasteiger partial charge in [-0.25, -0.2) is 0 Å². The van der Waals surface area contributed by atoms with Gasteiger partial charge in [-0.15, -0.1) is 10.2 Å². The van der Waals surface area contributed by atoms with E-state index in [1.807, 2.05) is 24.3 Å². The lowest BCUT2D eigenvalue weighted by Gasteiger charge is -2.35. The summed E-state index contributed by atoms with van der Waals surface area (Å²) >= 11 is 6.44. The number of nitrogens with zero attached hydrogens (tertiary/aromatic N) is 3. The number of carbonyl (C=O) groups excluding carboxylic acids is 2. The number of hydrogen-bond acceptors (Lipinski definition) is 9. The lowest BCUT2D eigenvalue weighted by Crippen LogP contribution is -2.55. The van der Waals surface area contributed by atoms with Crippen molar-refractivity contribution in [3.8, 4) is 17.2 Å². The molecule has 1 aliphatic heterocycles. The van der Waals surface area contributed by atoms with Gasteiger partial charge < -0.3 is 19.5 Å². The zero-order chi connectivity index (χ0) is 24.7. The number of fused-ring (bicyclic) bond motifs is 1. The van der Waals surface area contributed by atoms with E-state index in [1.54, 1.807) is 6.92 Å². The maximum Gasteiger partial charge on any atom is 0.236 e. The second-order valence-corrected chi connectivity index (χ2v) is 8.77. The molecule has 2 heterocycles. The lowest BCUT2D eigenvalue weighted by molar-refractivity contribution is -0.129. The monoisotopic (exact) mass is 495 g/mol. The first-order valence-electron chi connectivity index (χ1n) is 10.9. The Morgan fingerprint density at radius 1 is 1.23 bits per heavy atom. The molecule has 0 saturated heterocycles. The number of allylic oxidation sites excluding steroid dienone is 1. The van der Waals surface area contributed by atoms with Crippen LogP contribution in [0.5, 0.6) is 17.2 Å². The number of ether oxygens (including phenoxy) is 3. The second-order valence-electron chi connectivity index (χ2n) is 8.39. The predicted octanol–water partition coefficient (Wildman–Crippen LogP) is 3.38. The van der Waals surface area contributed by atoms with Crippen LogP contribution >= 0.6 is 11.6 Å². The fourth-order valence-electron chi connectivity index (χ4n) is 4.61. The summed E-state index contributed by atoms with van der Waals surface area (Å²) in [4.78, 5) is 27.1. The van der Waals surface area contributed by atoms with E-state index in [9.17, 15) is 9.59 Å². The normalized spacial score (nSPS) is 20.9. The van der Waals surface area contributed by atoms with Crippen molar-refractivity contribution >= 4 is 28.9 Å². The standard InChI is InChI=1S/C24H22ClN5O5/c1-12-8-14(26-15-7-5-4-6-13(15)9-19-27-29-30-28-19)10-18(31)24(12)23(32)20-16(33-2)11-17(34-3)21(25)22(20)35-24/h4-7,10-12,26H,8-9H2,1-3H3,(H,27,28,29,30). The molecule has 0 saturated carbocycles. The Labute approximate surface area is 205 Å². The number of tetrazole rings is 1. The number of benzene rings is 2. The number of H-pyrrole nitrogens is 1. The maximum absolute atomic E-state index is 13.6. The molecular formula is C24H22ClN5O5. The van der Waals surface area contributed by atoms with Crippen LogP contribution in [0, 0.1) is 5.92 Å². The zero-order valence-electron chi connectivity index (χ0n) is 19.2. The first-order chi connectivity index (χ1) is 16.9. The Morgan fingerprint density at radius 3 is 2.69 bits per heavy atom. The smallest absolute Gasteiger partial charge is 0.236 e. The van der Waals surface area contributed by atoms with Gasteiger partial charge in [-0.05, 0) is 18.1 Å². The van der Waals surface area contributed by atoms with Crippen molar-refractivity contribution in [2.24, 2.45) is 5.92 Å². The fourth-order valence-corrected chi connectivity index (χ4v) is 4.88. The summed E-state index contributed by atoms with van der Waals surface area (Å²) in [5.41, 5.74) is 0.821. The molecule has 2 unspecified atom stereocenters. The van der Waals surface area contributed by atoms with Crippen LogP contribution in [0.4, 0.5) is 5.69 Å². The van der Waals surface area contributed by atoms with Gasteiger partial charge in [-0.3, -0.25) is 9.59 Å². The number of nitrogens with one attached hydrogen (secondary N) is 2. The number of hydrogen-bond donors (Lipinski definition) is 2. The minimum absolute atomic E-state index is 0.100. The van der Waals surface area contributed by atoms with E-state index >= 15 is 0 Å². The average molecular weight is 496 g/mol. The summed E-state index contributed by atoms with van der Waals surface area (Å²) in [6, 6.07) is 9.16. The van der Waals surface area contributed by atoms with Crippen molar-refractivity contribution in [1.82, 2.24) is 20.6 Å². The van der Waals surface area contributed by atoms with Crippen LogP contribution < -0.4 is 19.5 Å². The molecule has 2 aliphatic rings. The predicted molar refractivity (Wildman–Crippen MR) is 126 cm³/mol. The van der Waals surface area contributed by atoms with Crippen molar-refractivity contribution in [1.29, 1.82) is 0 Å². The number of Topliss-reactive ketones (excluding diaryl/α,β-unsaturated/α-hetero) is 1. The third-order valence-corrected chi connectivity index (χ3v) is 6.72. The Morgan fingerprint density at radius 2 is 2.00 bits per heavy atom. The van der Waals surface area contributed by atoms with Gasteiger partial charge in [0.2, 0.25) is 17.2 Å². The van der Waals surface area contributed by atoms with Gasteiger partial charge in [0.1, 0.15) is 22.1 Å². The number of aromatic amines is 1. The molecule has 2 atom stereocenters. The number of aromatic nitrogens is 4. The third kappa shape index (κ3) is 3.61. The van der Waals surface area contributed by atoms with Crippen molar-refractivity contribution < 1.29 is 23.8 Å². The zero-order valence-corrected chi connectivity index (χ0v) is 20.0. The molecule has 0 radical (unpaired) electrons. The highest BCUT2D eigenvalue weighted by Crippen LogP contribution is 2.53. The van der Waals surface area contributed by atoms with E-state index in [4.69, 9.17) is 25.8 Å². The molecule has 1 aromatic heterocycles. The topological polar surface area (TPSA) is 128 Å². The molecule has 2 N–H and O–H groups in total. The van der Waals surface area contributed by atoms with Gasteiger partial charge in [0, 0.05) is 35.9 Å². The van der Waals surface area contributed by atoms with Gasteiger partial charge >= 0.3 is 0 Å². The molecule has 0 bridgehead atoms. The summed E-state index contributed by atoms with van der Waals surface area (Å²) in [7, 11) is 2.88. The number of anilines is 1. The highest BCUT2D eigenvalue weighted by Gasteiger charge is 2.60. The van der Waals surface area contributed by atoms with Gasteiger partial charge in [0.05, 0.1) is 14.2 Å². The molecule has 1 spiro atoms. The van der Waals surface area contributed by atoms with Gasteiger partial charge in [0.25, 0.3) is 0 Å². The number of methoxy groups -OCH3 is 2. The number of halogens is 1. The number of rotatable bonds is 6. The van der Waals surface area contributed by atoms with Crippen molar-refractivity contribution in [3.05, 3.63) is 64.1 Å². The number of carbonyl (C=O) groups is 2. The highest BCUT2D eigenvalue weighted by molar-refractivity contribution is 6.36. The van der Waals surface area contributed by atoms with Crippen LogP contribution in [0.1, 0.15) is 35.1 Å². The summed E-state index contributed by atoms with van der Waals surface area (Å²) in [6.07, 6.45) is 2.27. The molecule has 35 heavy (non-hydrogen) atoms. The van der Waals surface area contributed by atoms with E-state index in [0.717, 1.165) is 11.3 Å². The van der Waals surface area contributed by atoms with Crippen molar-refractivity contribution in [2.45, 2.75) is 25.4 Å². The summed E-state index contributed by atoms with van der Waals surface area (Å²) in [5.74, 6) is -0.247. The summed E-state index contributed by atoms with van der Waals surface area (Å²) in [5, 5.41) is 17.5. The van der Waals surface area contributed by atoms with E-state index in [-0.39, 0.29) is 22.1 Å². The van der Waals surface area contributed by atoms with Crippen LogP contribution in [-0.2, 0) is 11.2 Å². The second kappa shape index (κ2) is 8.70. The molecule has 1 aliphatic carbocycles. The van der Waals surface area contributed by atoms with Crippen LogP contribution in [-0.4, -0.2) is 52.0 Å². The van der Waals surface area contributed by atoms with Crippen LogP contribution in [0.3, 0.4) is 0 Å². The average Bonchev–Trinajstić information content (AvgIpc) is 3.47. The molecule has 3 aromatic rings. The SMILES string of the molecule is COc1cc(OC)c2c(c1Cl)OC1(C(=O)C=C(Nc3ccccc3Cc3nn[nH]n3)CC1C)C2=O. The van der Waals surface area contributed by atoms with Gasteiger partial charge in [-0.1, -0.05) is 41.9 Å². The fraction of sp³-hybridized carbons (Fsp3) is 0.292. The van der Waals surface area contributed by atoms with Gasteiger partial charge in [0.15, 0.2) is 11.6 Å². The van der Waals surface area contributed by atoms with E-state index in [0.29, 0.717) is 30.1 Å². The Kier molecular flexibility index (Phi) is 5.68. The molecular weight excluding hydrogens is 474 g/mol. The van der Waals surface area contributed by atoms with Crippen molar-refractivity contribution in [3.63, 3.8) is 0 Å². The lowest BCUT2D eigenvalue weighted by atomic mass is 9.74. The molecule has 180 valence electrons. The third-order valence-electron chi connectivity index (χ3n) is 6.36. The first kappa shape index (κ1) is 22.9. The quantitative estimate of drug-likeness (QED) is 0.494. The minimum Gasteiger partial charge on any atom is -0.496 e. The Balaban J connectivity index is 1.47. The van der Waals surface area contributed by atoms with Crippen LogP contribution in [0.2, 0.25) is 5.02 Å². The van der Waals surface area contributed by atoms with E-state index in [1.165, 1.54) is 26.4 Å². The molecule has 0 amide bonds. The maximum atomic E-state index is 13.6. The highest BCUT2D eigenvalue weighted by atomic mass is 35.5. The van der Waals surface area contributed by atoms with Crippen molar-refractivity contribution in [2.75, 3.05) is 19.5 Å². The Hall–Kier alpha value is -3.92. The molecule has 10 nitrogen and oxygen atoms in total. The molecule has 0 fully saturated rings. The molecule has 2 aromatic carbocycles.